The van der Waals surface area contributed by atoms with Gasteiger partial charge in [0.2, 0.25) is 0 Å². The van der Waals surface area contributed by atoms with E-state index >= 15 is 0 Å². The monoisotopic (exact) mass is 483 g/mol. The number of unbranched alkanes of at least 4 members (excludes halogenated alkanes) is 1. The van der Waals surface area contributed by atoms with Crippen LogP contribution in [0.1, 0.15) is 36.9 Å². The summed E-state index contributed by atoms with van der Waals surface area (Å²) in [6.07, 6.45) is 1.46. The lowest BCUT2D eigenvalue weighted by molar-refractivity contribution is -0.139. The molecule has 0 bridgehead atoms. The fraction of sp³-hybridized carbons (Fsp3) is 0.273. The lowest BCUT2D eigenvalue weighted by Gasteiger charge is -2.25. The molecule has 1 saturated heterocycles. The zero-order chi connectivity index (χ0) is 22.9. The van der Waals surface area contributed by atoms with Crippen molar-refractivity contribution in [3.63, 3.8) is 0 Å². The van der Waals surface area contributed by atoms with Crippen LogP contribution in [0.2, 0.25) is 15.1 Å². The largest absolute Gasteiger partial charge is 0.507 e. The van der Waals surface area contributed by atoms with Gasteiger partial charge in [0.1, 0.15) is 11.5 Å². The summed E-state index contributed by atoms with van der Waals surface area (Å²) in [5.74, 6) is -1.88. The minimum atomic E-state index is -0.885. The van der Waals surface area contributed by atoms with E-state index in [-0.39, 0.29) is 37.7 Å². The minimum Gasteiger partial charge on any atom is -0.507 e. The molecule has 1 amide bonds. The van der Waals surface area contributed by atoms with E-state index in [9.17, 15) is 19.8 Å². The van der Waals surface area contributed by atoms with E-state index in [1.54, 1.807) is 6.07 Å². The molecule has 0 spiro atoms. The Balaban J connectivity index is 2.22. The Labute approximate surface area is 194 Å². The fourth-order valence-corrected chi connectivity index (χ4v) is 4.36. The number of phenols is 1. The van der Waals surface area contributed by atoms with Gasteiger partial charge in [-0.15, -0.1) is 0 Å². The number of rotatable bonds is 6. The number of hydrogen-bond acceptors (Lipinski definition) is 5. The van der Waals surface area contributed by atoms with Crippen molar-refractivity contribution in [2.45, 2.75) is 25.8 Å². The van der Waals surface area contributed by atoms with Gasteiger partial charge in [-0.3, -0.25) is 9.59 Å². The Morgan fingerprint density at radius 3 is 2.29 bits per heavy atom. The second-order valence-electron chi connectivity index (χ2n) is 7.03. The molecule has 2 N–H and O–H groups in total. The van der Waals surface area contributed by atoms with Gasteiger partial charge in [0.05, 0.1) is 33.8 Å². The quantitative estimate of drug-likeness (QED) is 0.317. The highest BCUT2D eigenvalue weighted by Gasteiger charge is 2.46. The first-order chi connectivity index (χ1) is 14.7. The second kappa shape index (κ2) is 9.39. The maximum Gasteiger partial charge on any atom is 0.295 e. The van der Waals surface area contributed by atoms with Gasteiger partial charge in [-0.2, -0.15) is 0 Å². The van der Waals surface area contributed by atoms with Crippen LogP contribution in [0.3, 0.4) is 0 Å². The van der Waals surface area contributed by atoms with Crippen molar-refractivity contribution in [2.24, 2.45) is 0 Å². The van der Waals surface area contributed by atoms with E-state index in [0.29, 0.717) is 18.5 Å². The number of aliphatic hydroxyl groups excluding tert-OH is 1. The van der Waals surface area contributed by atoms with Gasteiger partial charge in [-0.1, -0.05) is 54.2 Å². The molecular formula is C22H20Cl3NO5. The van der Waals surface area contributed by atoms with Crippen LogP contribution in [0.25, 0.3) is 5.76 Å². The summed E-state index contributed by atoms with van der Waals surface area (Å²) in [5, 5.41) is 21.2. The highest BCUT2D eigenvalue weighted by atomic mass is 35.5. The molecule has 1 heterocycles. The lowest BCUT2D eigenvalue weighted by Crippen LogP contribution is -2.30. The first-order valence-electron chi connectivity index (χ1n) is 9.51. The number of hydrogen-bond donors (Lipinski definition) is 2. The number of amides is 1. The van der Waals surface area contributed by atoms with Crippen molar-refractivity contribution in [1.29, 1.82) is 0 Å². The van der Waals surface area contributed by atoms with Gasteiger partial charge in [0, 0.05) is 12.1 Å². The van der Waals surface area contributed by atoms with Crippen LogP contribution < -0.4 is 4.74 Å². The number of halogens is 3. The Morgan fingerprint density at radius 1 is 1.10 bits per heavy atom. The number of aliphatic hydroxyl groups is 1. The second-order valence-corrected chi connectivity index (χ2v) is 8.25. The number of nitrogens with zero attached hydrogens (tertiary/aromatic N) is 1. The zero-order valence-corrected chi connectivity index (χ0v) is 19.1. The first kappa shape index (κ1) is 23.3. The third-order valence-corrected chi connectivity index (χ3v) is 5.92. The summed E-state index contributed by atoms with van der Waals surface area (Å²) in [4.78, 5) is 27.1. The normalized spacial score (nSPS) is 18.0. The van der Waals surface area contributed by atoms with E-state index in [2.05, 4.69) is 0 Å². The highest BCUT2D eigenvalue weighted by molar-refractivity contribution is 6.46. The predicted molar refractivity (Wildman–Crippen MR) is 120 cm³/mol. The molecule has 1 aliphatic heterocycles. The number of Topliss-reactive ketones (excluding diaryl/α,β-unsaturated/α-hetero) is 1. The summed E-state index contributed by atoms with van der Waals surface area (Å²) < 4.78 is 5.12. The molecular weight excluding hydrogens is 465 g/mol. The number of carbonyl (C=O) groups excluding carboxylic acids is 2. The van der Waals surface area contributed by atoms with Crippen molar-refractivity contribution < 1.29 is 24.5 Å². The van der Waals surface area contributed by atoms with E-state index in [4.69, 9.17) is 39.5 Å². The minimum absolute atomic E-state index is 0.0640. The predicted octanol–water partition coefficient (Wildman–Crippen LogP) is 5.58. The van der Waals surface area contributed by atoms with Crippen molar-refractivity contribution >= 4 is 52.3 Å². The molecule has 0 saturated carbocycles. The van der Waals surface area contributed by atoms with Crippen LogP contribution in [-0.4, -0.2) is 40.5 Å². The number of methoxy groups -OCH3 is 1. The maximum absolute atomic E-state index is 12.9. The molecule has 9 heteroatoms. The van der Waals surface area contributed by atoms with E-state index in [1.165, 1.54) is 36.3 Å². The first-order valence-corrected chi connectivity index (χ1v) is 10.6. The third-order valence-electron chi connectivity index (χ3n) is 5.06. The van der Waals surface area contributed by atoms with Crippen LogP contribution in [0.15, 0.2) is 35.9 Å². The maximum atomic E-state index is 12.9. The van der Waals surface area contributed by atoms with E-state index in [0.717, 1.165) is 6.42 Å². The average molecular weight is 485 g/mol. The summed E-state index contributed by atoms with van der Waals surface area (Å²) in [6, 6.07) is 6.32. The average Bonchev–Trinajstić information content (AvgIpc) is 2.98. The Kier molecular flexibility index (Phi) is 7.04. The smallest absolute Gasteiger partial charge is 0.295 e. The van der Waals surface area contributed by atoms with E-state index in [1.807, 2.05) is 6.92 Å². The topological polar surface area (TPSA) is 87.1 Å². The molecule has 31 heavy (non-hydrogen) atoms. The Hall–Kier alpha value is -2.41. The van der Waals surface area contributed by atoms with Crippen LogP contribution in [0.5, 0.6) is 11.5 Å². The SMILES string of the molecule is CCCCN1C(=O)C(=O)/C(=C(/O)c2cc(Cl)c(OC)c(Cl)c2)C1c1ccc(O)c(Cl)c1. The van der Waals surface area contributed by atoms with Crippen LogP contribution in [0, 0.1) is 0 Å². The molecule has 1 fully saturated rings. The number of phenolic OH excluding ortho intramolecular Hbond substituents is 1. The molecule has 1 aliphatic rings. The Bertz CT molecular complexity index is 1060. The molecule has 0 aliphatic carbocycles. The van der Waals surface area contributed by atoms with Gasteiger partial charge >= 0.3 is 0 Å². The Morgan fingerprint density at radius 2 is 1.74 bits per heavy atom. The number of likely N-dealkylation sites (tertiary alicyclic amines) is 1. The molecule has 1 unspecified atom stereocenters. The van der Waals surface area contributed by atoms with Gasteiger partial charge in [0.25, 0.3) is 11.7 Å². The highest BCUT2D eigenvalue weighted by Crippen LogP contribution is 2.43. The summed E-state index contributed by atoms with van der Waals surface area (Å²) in [7, 11) is 1.40. The van der Waals surface area contributed by atoms with Crippen LogP contribution in [0.4, 0.5) is 0 Å². The van der Waals surface area contributed by atoms with Crippen LogP contribution >= 0.6 is 34.8 Å². The summed E-state index contributed by atoms with van der Waals surface area (Å²) in [5.41, 5.74) is 0.532. The third kappa shape index (κ3) is 4.33. The standard InChI is InChI=1S/C22H20Cl3NO5/c1-3-4-7-26-18(11-5-6-16(27)13(23)8-11)17(20(29)22(26)30)19(28)12-9-14(24)21(31-2)15(25)10-12/h5-6,8-10,18,27-28H,3-4,7H2,1-2H3/b19-17+. The molecule has 3 rings (SSSR count). The van der Waals surface area contributed by atoms with Gasteiger partial charge in [0.15, 0.2) is 5.75 Å². The molecule has 2 aromatic carbocycles. The van der Waals surface area contributed by atoms with Crippen molar-refractivity contribution in [3.8, 4) is 11.5 Å². The number of aromatic hydroxyl groups is 1. The zero-order valence-electron chi connectivity index (χ0n) is 16.8. The van der Waals surface area contributed by atoms with Crippen molar-refractivity contribution in [3.05, 3.63) is 62.1 Å². The van der Waals surface area contributed by atoms with Crippen LogP contribution in [-0.2, 0) is 9.59 Å². The van der Waals surface area contributed by atoms with Gasteiger partial charge < -0.3 is 19.8 Å². The molecule has 164 valence electrons. The number of ether oxygens (including phenoxy) is 1. The number of ketones is 1. The van der Waals surface area contributed by atoms with Crippen molar-refractivity contribution in [1.82, 2.24) is 4.90 Å². The lowest BCUT2D eigenvalue weighted by atomic mass is 9.95. The van der Waals surface area contributed by atoms with Gasteiger partial charge in [-0.05, 0) is 36.2 Å². The summed E-state index contributed by atoms with van der Waals surface area (Å²) >= 11 is 18.4. The summed E-state index contributed by atoms with van der Waals surface area (Å²) in [6.45, 7) is 2.27. The fourth-order valence-electron chi connectivity index (χ4n) is 3.53. The number of carbonyl (C=O) groups is 2. The molecule has 2 aromatic rings. The number of benzene rings is 2. The van der Waals surface area contributed by atoms with Crippen molar-refractivity contribution in [2.75, 3.05) is 13.7 Å². The molecule has 0 radical (unpaired) electrons. The molecule has 1 atom stereocenters. The van der Waals surface area contributed by atoms with Gasteiger partial charge in [-0.25, -0.2) is 0 Å². The van der Waals surface area contributed by atoms with E-state index < -0.39 is 23.5 Å². The molecule has 6 nitrogen and oxygen atoms in total. The molecule has 0 aromatic heterocycles.